The molecule has 1 saturated carbocycles. The highest BCUT2D eigenvalue weighted by Gasteiger charge is 2.30. The van der Waals surface area contributed by atoms with E-state index in [0.29, 0.717) is 24.4 Å². The fraction of sp³-hybridized carbons (Fsp3) is 0.667. The second-order valence-electron chi connectivity index (χ2n) is 7.33. The molecular weight excluding hydrogens is 310 g/mol. The molecule has 2 rings (SSSR count). The van der Waals surface area contributed by atoms with Gasteiger partial charge in [0.05, 0.1) is 10.5 Å². The first-order valence-electron chi connectivity index (χ1n) is 8.37. The van der Waals surface area contributed by atoms with Crippen LogP contribution in [0.15, 0.2) is 29.2 Å². The van der Waals surface area contributed by atoms with Crippen molar-refractivity contribution in [2.75, 3.05) is 12.8 Å². The zero-order valence-corrected chi connectivity index (χ0v) is 15.4. The van der Waals surface area contributed by atoms with Gasteiger partial charge < -0.3 is 10.4 Å². The number of benzene rings is 1. The van der Waals surface area contributed by atoms with Crippen LogP contribution in [0.25, 0.3) is 0 Å². The molecule has 0 aliphatic heterocycles. The minimum Gasteiger partial charge on any atom is -0.384 e. The molecule has 1 aliphatic carbocycles. The number of nitrogens with one attached hydrogen (secondary N) is 1. The largest absolute Gasteiger partial charge is 0.384 e. The molecule has 2 N–H and O–H groups in total. The van der Waals surface area contributed by atoms with E-state index >= 15 is 0 Å². The van der Waals surface area contributed by atoms with E-state index in [1.54, 1.807) is 31.2 Å². The third kappa shape index (κ3) is 4.55. The zero-order valence-electron chi connectivity index (χ0n) is 14.5. The average molecular weight is 340 g/mol. The van der Waals surface area contributed by atoms with Gasteiger partial charge >= 0.3 is 0 Å². The number of hydrogen-bond acceptors (Lipinski definition) is 4. The molecular formula is C18H29NO3S. The van der Waals surface area contributed by atoms with Gasteiger partial charge in [-0.2, -0.15) is 0 Å². The van der Waals surface area contributed by atoms with Crippen LogP contribution >= 0.6 is 0 Å². The molecule has 4 nitrogen and oxygen atoms in total. The highest BCUT2D eigenvalue weighted by Crippen LogP contribution is 2.30. The smallest absolute Gasteiger partial charge is 0.175 e. The quantitative estimate of drug-likeness (QED) is 0.865. The second kappa shape index (κ2) is 6.91. The normalized spacial score (nSPS) is 28.3. The van der Waals surface area contributed by atoms with Gasteiger partial charge in [0.2, 0.25) is 0 Å². The number of hydrogen-bond donors (Lipinski definition) is 2. The molecule has 0 aromatic heterocycles. The molecule has 1 aliphatic rings. The van der Waals surface area contributed by atoms with Gasteiger partial charge in [-0.3, -0.25) is 0 Å². The molecule has 1 aromatic rings. The Morgan fingerprint density at radius 2 is 1.83 bits per heavy atom. The highest BCUT2D eigenvalue weighted by atomic mass is 32.2. The van der Waals surface area contributed by atoms with E-state index in [1.807, 2.05) is 0 Å². The van der Waals surface area contributed by atoms with Gasteiger partial charge in [-0.1, -0.05) is 38.8 Å². The highest BCUT2D eigenvalue weighted by molar-refractivity contribution is 7.90. The maximum atomic E-state index is 11.5. The first-order chi connectivity index (χ1) is 10.6. The fourth-order valence-electron chi connectivity index (χ4n) is 3.36. The maximum absolute atomic E-state index is 11.5. The van der Waals surface area contributed by atoms with Crippen LogP contribution in [-0.2, 0) is 15.4 Å². The molecule has 0 unspecified atom stereocenters. The van der Waals surface area contributed by atoms with E-state index in [2.05, 4.69) is 19.2 Å². The van der Waals surface area contributed by atoms with Gasteiger partial charge in [-0.25, -0.2) is 8.42 Å². The van der Waals surface area contributed by atoms with Gasteiger partial charge in [0.25, 0.3) is 0 Å². The van der Waals surface area contributed by atoms with Crippen LogP contribution in [0.1, 0.15) is 45.6 Å². The topological polar surface area (TPSA) is 66.4 Å². The summed E-state index contributed by atoms with van der Waals surface area (Å²) in [6.07, 6.45) is 4.85. The van der Waals surface area contributed by atoms with Crippen molar-refractivity contribution in [2.24, 2.45) is 11.8 Å². The summed E-state index contributed by atoms with van der Waals surface area (Å²) in [7, 11) is -3.21. The molecule has 4 atom stereocenters. The second-order valence-corrected chi connectivity index (χ2v) is 9.34. The maximum Gasteiger partial charge on any atom is 0.175 e. The van der Waals surface area contributed by atoms with Crippen molar-refractivity contribution in [1.82, 2.24) is 5.32 Å². The predicted molar refractivity (Wildman–Crippen MR) is 93.1 cm³/mol. The van der Waals surface area contributed by atoms with Gasteiger partial charge in [0.15, 0.2) is 9.84 Å². The summed E-state index contributed by atoms with van der Waals surface area (Å²) in [5, 5.41) is 14.3. The van der Waals surface area contributed by atoms with Gasteiger partial charge in [-0.05, 0) is 42.9 Å². The summed E-state index contributed by atoms with van der Waals surface area (Å²) >= 11 is 0. The minimum atomic E-state index is -3.21. The molecule has 0 bridgehead atoms. The number of rotatable bonds is 5. The first kappa shape index (κ1) is 18.4. The van der Waals surface area contributed by atoms with Crippen LogP contribution in [0.5, 0.6) is 0 Å². The van der Waals surface area contributed by atoms with Crippen molar-refractivity contribution in [2.45, 2.75) is 56.6 Å². The van der Waals surface area contributed by atoms with E-state index in [1.165, 1.54) is 19.1 Å². The molecule has 130 valence electrons. The van der Waals surface area contributed by atoms with Crippen molar-refractivity contribution in [1.29, 1.82) is 0 Å². The van der Waals surface area contributed by atoms with E-state index in [9.17, 15) is 13.5 Å². The Bertz CT molecular complexity index is 622. The molecule has 0 amide bonds. The lowest BCUT2D eigenvalue weighted by Gasteiger charge is -2.37. The predicted octanol–water partition coefficient (Wildman–Crippen LogP) is 2.71. The molecule has 5 heteroatoms. The van der Waals surface area contributed by atoms with Gasteiger partial charge in [0.1, 0.15) is 0 Å². The van der Waals surface area contributed by atoms with Crippen LogP contribution in [0.4, 0.5) is 0 Å². The van der Waals surface area contributed by atoms with Crippen molar-refractivity contribution in [3.05, 3.63) is 29.8 Å². The third-order valence-corrected chi connectivity index (χ3v) is 6.45. The van der Waals surface area contributed by atoms with E-state index in [4.69, 9.17) is 0 Å². The molecule has 0 heterocycles. The van der Waals surface area contributed by atoms with Crippen molar-refractivity contribution in [3.8, 4) is 0 Å². The van der Waals surface area contributed by atoms with Crippen molar-refractivity contribution >= 4 is 9.84 Å². The van der Waals surface area contributed by atoms with Crippen molar-refractivity contribution < 1.29 is 13.5 Å². The van der Waals surface area contributed by atoms with E-state index in [-0.39, 0.29) is 4.90 Å². The van der Waals surface area contributed by atoms with E-state index in [0.717, 1.165) is 12.0 Å². The standard InChI is InChI=1S/C18H29NO3S/c1-13-6-5-7-17(14(13)2)19-12-18(3,20)15-8-10-16(11-9-15)23(4,21)22/h8-11,13-14,17,19-20H,5-7,12H2,1-4H3/t13-,14+,17+,18+/m1/s1. The first-order valence-corrected chi connectivity index (χ1v) is 10.3. The van der Waals surface area contributed by atoms with Crippen molar-refractivity contribution in [3.63, 3.8) is 0 Å². The Morgan fingerprint density at radius 1 is 1.22 bits per heavy atom. The van der Waals surface area contributed by atoms with E-state index < -0.39 is 15.4 Å². The molecule has 0 spiro atoms. The summed E-state index contributed by atoms with van der Waals surface area (Å²) in [5.74, 6) is 1.31. The SMILES string of the molecule is C[C@H]1[C@H](C)CCC[C@@H]1NC[C@](C)(O)c1ccc(S(C)(=O)=O)cc1. The summed E-state index contributed by atoms with van der Waals surface area (Å²) in [4.78, 5) is 0.278. The van der Waals surface area contributed by atoms with Gasteiger partial charge in [0, 0.05) is 18.8 Å². The van der Waals surface area contributed by atoms with Crippen LogP contribution in [-0.4, -0.2) is 32.4 Å². The zero-order chi connectivity index (χ0) is 17.3. The van der Waals surface area contributed by atoms with Crippen LogP contribution in [0.3, 0.4) is 0 Å². The lowest BCUT2D eigenvalue weighted by atomic mass is 9.78. The van der Waals surface area contributed by atoms with Gasteiger partial charge in [-0.15, -0.1) is 0 Å². The Hall–Kier alpha value is -0.910. The monoisotopic (exact) mass is 339 g/mol. The molecule has 1 fully saturated rings. The van der Waals surface area contributed by atoms with Crippen LogP contribution in [0, 0.1) is 11.8 Å². The molecule has 1 aromatic carbocycles. The summed E-state index contributed by atoms with van der Waals surface area (Å²) < 4.78 is 23.0. The van der Waals surface area contributed by atoms with Crippen LogP contribution in [0.2, 0.25) is 0 Å². The third-order valence-electron chi connectivity index (χ3n) is 5.32. The fourth-order valence-corrected chi connectivity index (χ4v) is 3.99. The molecule has 23 heavy (non-hydrogen) atoms. The number of sulfone groups is 1. The Kier molecular flexibility index (Phi) is 5.54. The van der Waals surface area contributed by atoms with Crippen LogP contribution < -0.4 is 5.32 Å². The lowest BCUT2D eigenvalue weighted by Crippen LogP contribution is -2.46. The minimum absolute atomic E-state index is 0.278. The number of aliphatic hydroxyl groups is 1. The lowest BCUT2D eigenvalue weighted by molar-refractivity contribution is 0.0468. The molecule has 0 saturated heterocycles. The Labute approximate surface area is 140 Å². The summed E-state index contributed by atoms with van der Waals surface area (Å²) in [5.41, 5.74) is -0.287. The molecule has 0 radical (unpaired) electrons. The average Bonchev–Trinajstić information content (AvgIpc) is 2.48. The summed E-state index contributed by atoms with van der Waals surface area (Å²) in [6, 6.07) is 6.95. The Morgan fingerprint density at radius 3 is 2.39 bits per heavy atom. The Balaban J connectivity index is 2.03. The summed E-state index contributed by atoms with van der Waals surface area (Å²) in [6.45, 7) is 6.80.